The topological polar surface area (TPSA) is 82.1 Å². The lowest BCUT2D eigenvalue weighted by atomic mass is 9.80. The maximum absolute atomic E-state index is 13.0. The average molecular weight is 473 g/mol. The minimum Gasteiger partial charge on any atom is -0.466 e. The zero-order valence-electron chi connectivity index (χ0n) is 19.5. The molecule has 0 bridgehead atoms. The first-order valence-electron chi connectivity index (χ1n) is 11.3. The molecule has 33 heavy (non-hydrogen) atoms. The molecule has 0 saturated carbocycles. The number of rotatable bonds is 8. The monoisotopic (exact) mass is 472 g/mol. The molecule has 1 aliphatic rings. The zero-order chi connectivity index (χ0) is 24.0. The molecule has 1 saturated heterocycles. The Morgan fingerprint density at radius 3 is 2.30 bits per heavy atom. The first kappa shape index (κ1) is 25.3. The van der Waals surface area contributed by atoms with Gasteiger partial charge >= 0.3 is 11.9 Å². The standard InChI is InChI=1S/C26H32O6S/c1-5-21(31-24(28)19-12-8-6-9-13-19)22(27)23-18(3)17(2)16-26(32-23,25(29)30-4)33-20-14-10-7-11-15-20/h6-15,17-18,21-23,27H,5,16H2,1-4H3/t17-,18-,21-,22-,23?,26-/m1/s1. The van der Waals surface area contributed by atoms with Gasteiger partial charge in [-0.2, -0.15) is 0 Å². The van der Waals surface area contributed by atoms with Crippen LogP contribution in [0.4, 0.5) is 0 Å². The fraction of sp³-hybridized carbons (Fsp3) is 0.462. The van der Waals surface area contributed by atoms with E-state index in [1.807, 2.05) is 57.2 Å². The van der Waals surface area contributed by atoms with Gasteiger partial charge < -0.3 is 19.3 Å². The highest BCUT2D eigenvalue weighted by Crippen LogP contribution is 2.48. The summed E-state index contributed by atoms with van der Waals surface area (Å²) in [7, 11) is 1.34. The fourth-order valence-electron chi connectivity index (χ4n) is 4.15. The predicted molar refractivity (Wildman–Crippen MR) is 127 cm³/mol. The molecule has 6 atom stereocenters. The number of aliphatic hydroxyl groups is 1. The highest BCUT2D eigenvalue weighted by atomic mass is 32.2. The summed E-state index contributed by atoms with van der Waals surface area (Å²) in [4.78, 5) is 25.1. The van der Waals surface area contributed by atoms with E-state index in [0.29, 0.717) is 18.4 Å². The Hall–Kier alpha value is -2.35. The summed E-state index contributed by atoms with van der Waals surface area (Å²) in [5, 5.41) is 11.3. The lowest BCUT2D eigenvalue weighted by Crippen LogP contribution is -2.57. The molecular weight excluding hydrogens is 440 g/mol. The van der Waals surface area contributed by atoms with Crippen molar-refractivity contribution < 1.29 is 28.9 Å². The molecule has 0 radical (unpaired) electrons. The van der Waals surface area contributed by atoms with Crippen molar-refractivity contribution in [3.05, 3.63) is 66.2 Å². The molecule has 1 fully saturated rings. The highest BCUT2D eigenvalue weighted by Gasteiger charge is 2.53. The van der Waals surface area contributed by atoms with E-state index in [1.54, 1.807) is 24.3 Å². The Bertz CT molecular complexity index is 921. The van der Waals surface area contributed by atoms with Crippen molar-refractivity contribution in [3.63, 3.8) is 0 Å². The maximum atomic E-state index is 13.0. The molecule has 0 amide bonds. The molecular formula is C26H32O6S. The van der Waals surface area contributed by atoms with Crippen molar-refractivity contribution in [2.75, 3.05) is 7.11 Å². The third-order valence-corrected chi connectivity index (χ3v) is 7.51. The third-order valence-electron chi connectivity index (χ3n) is 6.24. The second-order valence-corrected chi connectivity index (χ2v) is 9.83. The molecule has 7 heteroatoms. The number of hydrogen-bond donors (Lipinski definition) is 1. The molecule has 1 unspecified atom stereocenters. The van der Waals surface area contributed by atoms with E-state index in [9.17, 15) is 14.7 Å². The van der Waals surface area contributed by atoms with Crippen LogP contribution >= 0.6 is 11.8 Å². The first-order chi connectivity index (χ1) is 15.8. The number of thioether (sulfide) groups is 1. The number of carbonyl (C=O) groups is 2. The van der Waals surface area contributed by atoms with Gasteiger partial charge in [0.25, 0.3) is 0 Å². The number of carbonyl (C=O) groups excluding carboxylic acids is 2. The van der Waals surface area contributed by atoms with Crippen molar-refractivity contribution >= 4 is 23.7 Å². The number of esters is 2. The maximum Gasteiger partial charge on any atom is 0.349 e. The Morgan fingerprint density at radius 1 is 1.12 bits per heavy atom. The van der Waals surface area contributed by atoms with Crippen LogP contribution in [0.15, 0.2) is 65.6 Å². The summed E-state index contributed by atoms with van der Waals surface area (Å²) in [6.45, 7) is 5.86. The van der Waals surface area contributed by atoms with Gasteiger partial charge in [-0.15, -0.1) is 0 Å². The van der Waals surface area contributed by atoms with Crippen molar-refractivity contribution in [2.45, 2.75) is 61.8 Å². The zero-order valence-corrected chi connectivity index (χ0v) is 20.3. The number of ether oxygens (including phenoxy) is 3. The SMILES string of the molecule is CC[C@@H](OC(=O)c1ccccc1)[C@@H](O)C1O[C@](Sc2ccccc2)(C(=O)OC)C[C@@H](C)[C@H]1C. The van der Waals surface area contributed by atoms with E-state index < -0.39 is 35.2 Å². The number of aliphatic hydroxyl groups excluding tert-OH is 1. The van der Waals surface area contributed by atoms with Gasteiger partial charge in [0, 0.05) is 11.3 Å². The molecule has 0 aromatic heterocycles. The molecule has 1 N–H and O–H groups in total. The Morgan fingerprint density at radius 2 is 1.73 bits per heavy atom. The molecule has 1 aliphatic heterocycles. The first-order valence-corrected chi connectivity index (χ1v) is 12.1. The fourth-order valence-corrected chi connectivity index (χ4v) is 5.49. The summed E-state index contributed by atoms with van der Waals surface area (Å²) in [5.41, 5.74) is 0.415. The Balaban J connectivity index is 1.86. The molecule has 2 aromatic carbocycles. The van der Waals surface area contributed by atoms with E-state index in [4.69, 9.17) is 14.2 Å². The number of benzene rings is 2. The van der Waals surface area contributed by atoms with Gasteiger partial charge in [0.15, 0.2) is 0 Å². The lowest BCUT2D eigenvalue weighted by Gasteiger charge is -2.47. The van der Waals surface area contributed by atoms with E-state index in [0.717, 1.165) is 4.90 Å². The summed E-state index contributed by atoms with van der Waals surface area (Å²) in [6.07, 6.45) is -1.78. The molecule has 0 aliphatic carbocycles. The van der Waals surface area contributed by atoms with E-state index in [-0.39, 0.29) is 11.8 Å². The highest BCUT2D eigenvalue weighted by molar-refractivity contribution is 8.01. The number of methoxy groups -OCH3 is 1. The second-order valence-electron chi connectivity index (χ2n) is 8.49. The molecule has 6 nitrogen and oxygen atoms in total. The van der Waals surface area contributed by atoms with Crippen molar-refractivity contribution in [1.29, 1.82) is 0 Å². The minimum atomic E-state index is -1.31. The van der Waals surface area contributed by atoms with E-state index in [1.165, 1.54) is 18.9 Å². The summed E-state index contributed by atoms with van der Waals surface area (Å²) < 4.78 is 17.2. The van der Waals surface area contributed by atoms with Crippen LogP contribution in [0.2, 0.25) is 0 Å². The van der Waals surface area contributed by atoms with Crippen LogP contribution in [0.1, 0.15) is 44.0 Å². The van der Waals surface area contributed by atoms with Crippen molar-refractivity contribution in [2.24, 2.45) is 11.8 Å². The molecule has 2 aromatic rings. The summed E-state index contributed by atoms with van der Waals surface area (Å²) in [5.74, 6) is -1.02. The van der Waals surface area contributed by atoms with Crippen LogP contribution in [0.5, 0.6) is 0 Å². The van der Waals surface area contributed by atoms with Crippen LogP contribution in [0.25, 0.3) is 0 Å². The van der Waals surface area contributed by atoms with Gasteiger partial charge in [0.2, 0.25) is 4.93 Å². The minimum absolute atomic E-state index is 0.0519. The van der Waals surface area contributed by atoms with Crippen LogP contribution in [-0.4, -0.2) is 47.4 Å². The van der Waals surface area contributed by atoms with E-state index in [2.05, 4.69) is 0 Å². The Labute approximate surface area is 199 Å². The summed E-state index contributed by atoms with van der Waals surface area (Å²) >= 11 is 1.29. The largest absolute Gasteiger partial charge is 0.466 e. The lowest BCUT2D eigenvalue weighted by molar-refractivity contribution is -0.202. The Kier molecular flexibility index (Phi) is 8.57. The van der Waals surface area contributed by atoms with Crippen molar-refractivity contribution in [1.82, 2.24) is 0 Å². The van der Waals surface area contributed by atoms with Crippen LogP contribution in [0, 0.1) is 11.8 Å². The van der Waals surface area contributed by atoms with Gasteiger partial charge in [0.05, 0.1) is 18.8 Å². The summed E-state index contributed by atoms with van der Waals surface area (Å²) in [6, 6.07) is 18.2. The molecule has 3 rings (SSSR count). The average Bonchev–Trinajstić information content (AvgIpc) is 2.84. The van der Waals surface area contributed by atoms with Gasteiger partial charge in [0.1, 0.15) is 12.2 Å². The van der Waals surface area contributed by atoms with Gasteiger partial charge in [-0.1, -0.05) is 68.9 Å². The van der Waals surface area contributed by atoms with Crippen LogP contribution in [0.3, 0.4) is 0 Å². The second kappa shape index (κ2) is 11.2. The molecule has 1 heterocycles. The number of hydrogen-bond acceptors (Lipinski definition) is 7. The molecule has 0 spiro atoms. The third kappa shape index (κ3) is 5.78. The van der Waals surface area contributed by atoms with Crippen LogP contribution in [-0.2, 0) is 19.0 Å². The van der Waals surface area contributed by atoms with Crippen molar-refractivity contribution in [3.8, 4) is 0 Å². The van der Waals surface area contributed by atoms with Crippen LogP contribution < -0.4 is 0 Å². The van der Waals surface area contributed by atoms with Gasteiger partial charge in [-0.05, 0) is 42.5 Å². The van der Waals surface area contributed by atoms with Gasteiger partial charge in [-0.3, -0.25) is 0 Å². The predicted octanol–water partition coefficient (Wildman–Crippen LogP) is 4.71. The van der Waals surface area contributed by atoms with Gasteiger partial charge in [-0.25, -0.2) is 9.59 Å². The smallest absolute Gasteiger partial charge is 0.349 e. The molecule has 178 valence electrons. The quantitative estimate of drug-likeness (QED) is 0.558. The van der Waals surface area contributed by atoms with E-state index >= 15 is 0 Å². The normalized spacial score (nSPS) is 26.8.